The molecule has 0 aromatic carbocycles. The number of likely N-dealkylation sites (N-methyl/N-ethyl adjacent to an activating group) is 1. The molecule has 0 saturated carbocycles. The minimum atomic E-state index is 0.566. The highest BCUT2D eigenvalue weighted by Gasteiger charge is 2.23. The summed E-state index contributed by atoms with van der Waals surface area (Å²) >= 11 is 1.49. The molecule has 1 atom stereocenters. The third-order valence-electron chi connectivity index (χ3n) is 3.17. The van der Waals surface area contributed by atoms with E-state index in [1.807, 2.05) is 0 Å². The molecular formula is C10H19N5S. The van der Waals surface area contributed by atoms with Crippen molar-refractivity contribution >= 4 is 16.5 Å². The Balaban J connectivity index is 1.91. The minimum Gasteiger partial charge on any atom is -0.374 e. The van der Waals surface area contributed by atoms with Crippen LogP contribution in [0.4, 0.5) is 5.13 Å². The van der Waals surface area contributed by atoms with Gasteiger partial charge in [0.25, 0.3) is 0 Å². The first-order valence-electron chi connectivity index (χ1n) is 5.69. The van der Waals surface area contributed by atoms with Crippen molar-refractivity contribution in [3.05, 3.63) is 5.01 Å². The molecule has 1 aromatic rings. The smallest absolute Gasteiger partial charge is 0.203 e. The molecule has 2 heterocycles. The molecular weight excluding hydrogens is 222 g/mol. The highest BCUT2D eigenvalue weighted by Crippen LogP contribution is 2.17. The van der Waals surface area contributed by atoms with Crippen LogP contribution >= 0.6 is 11.3 Å². The molecule has 2 rings (SSSR count). The minimum absolute atomic E-state index is 0.566. The van der Waals surface area contributed by atoms with Crippen LogP contribution in [0.2, 0.25) is 0 Å². The van der Waals surface area contributed by atoms with E-state index in [1.54, 1.807) is 0 Å². The Bertz CT molecular complexity index is 340. The standard InChI is InChI=1S/C10H19N5S/c1-3-8-6-15(5-4-14(8)2)7-9-12-13-10(11)16-9/h8H,3-7H2,1-2H3,(H2,11,13). The van der Waals surface area contributed by atoms with E-state index in [9.17, 15) is 0 Å². The van der Waals surface area contributed by atoms with E-state index in [4.69, 9.17) is 5.73 Å². The van der Waals surface area contributed by atoms with Gasteiger partial charge in [-0.2, -0.15) is 0 Å². The predicted octanol–water partition coefficient (Wildman–Crippen LogP) is 0.646. The molecule has 90 valence electrons. The second-order valence-electron chi connectivity index (χ2n) is 4.31. The molecule has 0 aliphatic carbocycles. The molecule has 5 nitrogen and oxygen atoms in total. The predicted molar refractivity (Wildman–Crippen MR) is 66.3 cm³/mol. The Morgan fingerprint density at radius 3 is 2.88 bits per heavy atom. The van der Waals surface area contributed by atoms with E-state index in [2.05, 4.69) is 34.0 Å². The van der Waals surface area contributed by atoms with Crippen LogP contribution in [0.3, 0.4) is 0 Å². The molecule has 1 aromatic heterocycles. The Morgan fingerprint density at radius 2 is 2.25 bits per heavy atom. The van der Waals surface area contributed by atoms with Crippen LogP contribution in [-0.2, 0) is 6.54 Å². The average Bonchev–Trinajstić information content (AvgIpc) is 2.67. The highest BCUT2D eigenvalue weighted by atomic mass is 32.1. The molecule has 1 unspecified atom stereocenters. The van der Waals surface area contributed by atoms with Gasteiger partial charge in [-0.1, -0.05) is 18.3 Å². The van der Waals surface area contributed by atoms with Crippen LogP contribution in [0.5, 0.6) is 0 Å². The Hall–Kier alpha value is -0.720. The van der Waals surface area contributed by atoms with Crippen molar-refractivity contribution in [2.24, 2.45) is 0 Å². The van der Waals surface area contributed by atoms with E-state index in [0.29, 0.717) is 11.2 Å². The van der Waals surface area contributed by atoms with Gasteiger partial charge in [-0.25, -0.2) is 0 Å². The molecule has 1 saturated heterocycles. The number of nitrogens with zero attached hydrogens (tertiary/aromatic N) is 4. The van der Waals surface area contributed by atoms with Gasteiger partial charge in [-0.3, -0.25) is 4.90 Å². The first kappa shape index (κ1) is 11.8. The number of rotatable bonds is 3. The first-order valence-corrected chi connectivity index (χ1v) is 6.51. The van der Waals surface area contributed by atoms with Crippen molar-refractivity contribution in [2.45, 2.75) is 25.9 Å². The van der Waals surface area contributed by atoms with Gasteiger partial charge in [-0.15, -0.1) is 10.2 Å². The highest BCUT2D eigenvalue weighted by molar-refractivity contribution is 7.15. The van der Waals surface area contributed by atoms with Crippen LogP contribution in [0.1, 0.15) is 18.4 Å². The van der Waals surface area contributed by atoms with Crippen LogP contribution in [0.25, 0.3) is 0 Å². The van der Waals surface area contributed by atoms with Crippen molar-refractivity contribution < 1.29 is 0 Å². The number of hydrogen-bond donors (Lipinski definition) is 1. The summed E-state index contributed by atoms with van der Waals surface area (Å²) < 4.78 is 0. The van der Waals surface area contributed by atoms with Crippen molar-refractivity contribution in [3.63, 3.8) is 0 Å². The lowest BCUT2D eigenvalue weighted by Gasteiger charge is -2.38. The fourth-order valence-electron chi connectivity index (χ4n) is 2.12. The lowest BCUT2D eigenvalue weighted by atomic mass is 10.1. The van der Waals surface area contributed by atoms with Crippen molar-refractivity contribution in [1.82, 2.24) is 20.0 Å². The Kier molecular flexibility index (Phi) is 3.73. The molecule has 1 aliphatic rings. The topological polar surface area (TPSA) is 58.3 Å². The van der Waals surface area contributed by atoms with Gasteiger partial charge >= 0.3 is 0 Å². The zero-order valence-corrected chi connectivity index (χ0v) is 10.7. The number of hydrogen-bond acceptors (Lipinski definition) is 6. The summed E-state index contributed by atoms with van der Waals surface area (Å²) in [5, 5.41) is 9.50. The number of anilines is 1. The number of piperazine rings is 1. The summed E-state index contributed by atoms with van der Waals surface area (Å²) in [6, 6.07) is 0.666. The van der Waals surface area contributed by atoms with Crippen LogP contribution in [-0.4, -0.2) is 52.7 Å². The summed E-state index contributed by atoms with van der Waals surface area (Å²) in [5.41, 5.74) is 5.58. The quantitative estimate of drug-likeness (QED) is 0.842. The molecule has 16 heavy (non-hydrogen) atoms. The zero-order chi connectivity index (χ0) is 11.5. The van der Waals surface area contributed by atoms with Crippen molar-refractivity contribution in [1.29, 1.82) is 0 Å². The van der Waals surface area contributed by atoms with Gasteiger partial charge in [0.1, 0.15) is 5.01 Å². The largest absolute Gasteiger partial charge is 0.374 e. The number of nitrogen functional groups attached to an aromatic ring is 1. The van der Waals surface area contributed by atoms with Crippen molar-refractivity contribution in [2.75, 3.05) is 32.4 Å². The second-order valence-corrected chi connectivity index (χ2v) is 5.41. The third kappa shape index (κ3) is 2.69. The summed E-state index contributed by atoms with van der Waals surface area (Å²) in [6.45, 7) is 6.48. The van der Waals surface area contributed by atoms with E-state index < -0.39 is 0 Å². The van der Waals surface area contributed by atoms with E-state index >= 15 is 0 Å². The molecule has 1 fully saturated rings. The van der Waals surface area contributed by atoms with Crippen LogP contribution < -0.4 is 5.73 Å². The third-order valence-corrected chi connectivity index (χ3v) is 3.91. The lowest BCUT2D eigenvalue weighted by Crippen LogP contribution is -2.50. The van der Waals surface area contributed by atoms with Crippen LogP contribution in [0, 0.1) is 0 Å². The molecule has 6 heteroatoms. The van der Waals surface area contributed by atoms with Gasteiger partial charge in [0, 0.05) is 25.7 Å². The maximum atomic E-state index is 5.58. The first-order chi connectivity index (χ1) is 7.69. The van der Waals surface area contributed by atoms with Gasteiger partial charge in [0.15, 0.2) is 0 Å². The molecule has 0 radical (unpaired) electrons. The molecule has 1 aliphatic heterocycles. The Morgan fingerprint density at radius 1 is 1.44 bits per heavy atom. The molecule has 0 amide bonds. The fourth-order valence-corrected chi connectivity index (χ4v) is 2.77. The number of nitrogens with two attached hydrogens (primary N) is 1. The van der Waals surface area contributed by atoms with Crippen molar-refractivity contribution in [3.8, 4) is 0 Å². The second kappa shape index (κ2) is 5.07. The summed E-state index contributed by atoms with van der Waals surface area (Å²) in [7, 11) is 2.20. The summed E-state index contributed by atoms with van der Waals surface area (Å²) in [6.07, 6.45) is 1.20. The number of aromatic nitrogens is 2. The molecule has 2 N–H and O–H groups in total. The van der Waals surface area contributed by atoms with E-state index in [0.717, 1.165) is 31.2 Å². The Labute approximate surface area is 100 Å². The molecule has 0 bridgehead atoms. The zero-order valence-electron chi connectivity index (χ0n) is 9.89. The SMILES string of the molecule is CCC1CN(Cc2nnc(N)s2)CCN1C. The van der Waals surface area contributed by atoms with E-state index in [-0.39, 0.29) is 0 Å². The normalized spacial score (nSPS) is 23.8. The van der Waals surface area contributed by atoms with Gasteiger partial charge in [-0.05, 0) is 13.5 Å². The fraction of sp³-hybridized carbons (Fsp3) is 0.800. The van der Waals surface area contributed by atoms with Gasteiger partial charge in [0.05, 0.1) is 6.54 Å². The maximum Gasteiger partial charge on any atom is 0.203 e. The molecule has 0 spiro atoms. The van der Waals surface area contributed by atoms with Crippen LogP contribution in [0.15, 0.2) is 0 Å². The lowest BCUT2D eigenvalue weighted by molar-refractivity contribution is 0.0882. The van der Waals surface area contributed by atoms with Gasteiger partial charge in [0.2, 0.25) is 5.13 Å². The van der Waals surface area contributed by atoms with Gasteiger partial charge < -0.3 is 10.6 Å². The monoisotopic (exact) mass is 241 g/mol. The van der Waals surface area contributed by atoms with E-state index in [1.165, 1.54) is 17.8 Å². The maximum absolute atomic E-state index is 5.58. The summed E-state index contributed by atoms with van der Waals surface area (Å²) in [4.78, 5) is 4.87. The summed E-state index contributed by atoms with van der Waals surface area (Å²) in [5.74, 6) is 0. The average molecular weight is 241 g/mol.